The lowest BCUT2D eigenvalue weighted by Crippen LogP contribution is -2.15. The maximum Gasteiger partial charge on any atom is 0.417 e. The van der Waals surface area contributed by atoms with Crippen LogP contribution in [0.15, 0.2) is 35.2 Å². The fourth-order valence-corrected chi connectivity index (χ4v) is 4.04. The van der Waals surface area contributed by atoms with Gasteiger partial charge in [0.05, 0.1) is 26.2 Å². The minimum atomic E-state index is -4.80. The second-order valence-corrected chi connectivity index (χ2v) is 7.74. The zero-order chi connectivity index (χ0) is 19.9. The van der Waals surface area contributed by atoms with Crippen molar-refractivity contribution in [3.63, 3.8) is 0 Å². The molecular weight excluding hydrogens is 442 g/mol. The normalized spacial score (nSPS) is 12.1. The molecule has 0 saturated heterocycles. The quantitative estimate of drug-likeness (QED) is 0.676. The summed E-state index contributed by atoms with van der Waals surface area (Å²) >= 11 is 16.9. The largest absolute Gasteiger partial charge is 0.478 e. The van der Waals surface area contributed by atoms with E-state index in [1.165, 1.54) is 0 Å². The topological polar surface area (TPSA) is 83.5 Å². The summed E-state index contributed by atoms with van der Waals surface area (Å²) in [6, 6.07) is 3.99. The van der Waals surface area contributed by atoms with Gasteiger partial charge >= 0.3 is 12.1 Å². The number of rotatable bonds is 4. The van der Waals surface area contributed by atoms with Crippen LogP contribution in [0, 0.1) is 0 Å². The van der Waals surface area contributed by atoms with E-state index in [-0.39, 0.29) is 5.02 Å². The van der Waals surface area contributed by atoms with Gasteiger partial charge in [-0.2, -0.15) is 13.2 Å². The number of benzene rings is 2. The van der Waals surface area contributed by atoms with E-state index in [9.17, 15) is 26.4 Å². The highest BCUT2D eigenvalue weighted by Gasteiger charge is 2.34. The smallest absolute Gasteiger partial charge is 0.417 e. The van der Waals surface area contributed by atoms with E-state index in [0.29, 0.717) is 12.1 Å². The molecule has 2 aromatic carbocycles. The van der Waals surface area contributed by atoms with Gasteiger partial charge in [-0.05, 0) is 30.3 Å². The molecule has 26 heavy (non-hydrogen) atoms. The summed E-state index contributed by atoms with van der Waals surface area (Å²) in [5.41, 5.74) is -2.22. The Labute approximate surface area is 160 Å². The number of hydrogen-bond donors (Lipinski definition) is 2. The number of sulfonamides is 1. The van der Waals surface area contributed by atoms with Crippen LogP contribution < -0.4 is 4.72 Å². The number of carboxylic acid groups (broad SMARTS) is 1. The molecule has 0 atom stereocenters. The summed E-state index contributed by atoms with van der Waals surface area (Å²) in [7, 11) is -4.51. The first kappa shape index (κ1) is 20.6. The third-order valence-corrected chi connectivity index (χ3v) is 5.55. The zero-order valence-corrected chi connectivity index (χ0v) is 15.3. The Morgan fingerprint density at radius 2 is 1.62 bits per heavy atom. The summed E-state index contributed by atoms with van der Waals surface area (Å²) in [5.74, 6) is -1.51. The zero-order valence-electron chi connectivity index (χ0n) is 12.2. The van der Waals surface area contributed by atoms with Crippen LogP contribution in [-0.4, -0.2) is 19.5 Å². The van der Waals surface area contributed by atoms with Gasteiger partial charge in [0.25, 0.3) is 10.0 Å². The Kier molecular flexibility index (Phi) is 5.67. The van der Waals surface area contributed by atoms with Crippen molar-refractivity contribution in [3.05, 3.63) is 56.5 Å². The molecular formula is C14H7Cl3F3NO4S. The molecule has 0 bridgehead atoms. The first-order valence-corrected chi connectivity index (χ1v) is 9.06. The van der Waals surface area contributed by atoms with Crippen molar-refractivity contribution >= 4 is 56.5 Å². The standard InChI is InChI=1S/C14H7Cl3F3NO4S/c15-9-2-1-6(3-8(9)14(18,19)20)21-26(24,25)12-4-7(13(22)23)10(16)5-11(12)17/h1-5,21H,(H,22,23). The molecule has 0 spiro atoms. The second kappa shape index (κ2) is 7.15. The molecule has 0 amide bonds. The van der Waals surface area contributed by atoms with Crippen molar-refractivity contribution in [2.75, 3.05) is 4.72 Å². The molecule has 5 nitrogen and oxygen atoms in total. The number of aromatic carboxylic acids is 1. The van der Waals surface area contributed by atoms with Gasteiger partial charge in [-0.15, -0.1) is 0 Å². The van der Waals surface area contributed by atoms with Crippen molar-refractivity contribution in [2.45, 2.75) is 11.1 Å². The highest BCUT2D eigenvalue weighted by Crippen LogP contribution is 2.37. The Hall–Kier alpha value is -1.68. The maximum absolute atomic E-state index is 12.9. The fraction of sp³-hybridized carbons (Fsp3) is 0.0714. The number of hydrogen-bond acceptors (Lipinski definition) is 3. The Morgan fingerprint density at radius 3 is 2.15 bits per heavy atom. The molecule has 2 rings (SSSR count). The predicted molar refractivity (Wildman–Crippen MR) is 90.7 cm³/mol. The van der Waals surface area contributed by atoms with E-state index in [2.05, 4.69) is 0 Å². The molecule has 2 aromatic rings. The van der Waals surface area contributed by atoms with Gasteiger partial charge in [0, 0.05) is 5.69 Å². The van der Waals surface area contributed by atoms with Crippen LogP contribution >= 0.6 is 34.8 Å². The summed E-state index contributed by atoms with van der Waals surface area (Å²) in [4.78, 5) is 10.4. The van der Waals surface area contributed by atoms with Gasteiger partial charge in [0.1, 0.15) is 4.90 Å². The molecule has 0 radical (unpaired) electrons. The fourth-order valence-electron chi connectivity index (χ4n) is 1.92. The molecule has 140 valence electrons. The number of anilines is 1. The van der Waals surface area contributed by atoms with Crippen molar-refractivity contribution in [1.82, 2.24) is 0 Å². The lowest BCUT2D eigenvalue weighted by atomic mass is 10.2. The van der Waals surface area contributed by atoms with Crippen LogP contribution in [0.5, 0.6) is 0 Å². The van der Waals surface area contributed by atoms with E-state index in [4.69, 9.17) is 39.9 Å². The lowest BCUT2D eigenvalue weighted by Gasteiger charge is -2.14. The Bertz CT molecular complexity index is 994. The number of carboxylic acids is 1. The van der Waals surface area contributed by atoms with Crippen LogP contribution in [-0.2, 0) is 16.2 Å². The highest BCUT2D eigenvalue weighted by atomic mass is 35.5. The van der Waals surface area contributed by atoms with Crippen molar-refractivity contribution < 1.29 is 31.5 Å². The number of carbonyl (C=O) groups is 1. The molecule has 0 fully saturated rings. The SMILES string of the molecule is O=C(O)c1cc(S(=O)(=O)Nc2ccc(Cl)c(C(F)(F)F)c2)c(Cl)cc1Cl. The maximum atomic E-state index is 12.9. The summed E-state index contributed by atoms with van der Waals surface area (Å²) in [5, 5.41) is 7.69. The highest BCUT2D eigenvalue weighted by molar-refractivity contribution is 7.92. The van der Waals surface area contributed by atoms with Gasteiger partial charge < -0.3 is 5.11 Å². The van der Waals surface area contributed by atoms with Crippen molar-refractivity contribution in [2.24, 2.45) is 0 Å². The number of alkyl halides is 3. The van der Waals surface area contributed by atoms with Crippen LogP contribution in [0.25, 0.3) is 0 Å². The van der Waals surface area contributed by atoms with Gasteiger partial charge in [0.15, 0.2) is 0 Å². The van der Waals surface area contributed by atoms with Gasteiger partial charge in [-0.3, -0.25) is 4.72 Å². The molecule has 0 heterocycles. The molecule has 0 unspecified atom stereocenters. The minimum absolute atomic E-state index is 0.299. The van der Waals surface area contributed by atoms with Crippen molar-refractivity contribution in [3.8, 4) is 0 Å². The van der Waals surface area contributed by atoms with E-state index in [1.807, 2.05) is 4.72 Å². The molecule has 12 heteroatoms. The van der Waals surface area contributed by atoms with Gasteiger partial charge in [-0.25, -0.2) is 13.2 Å². The average molecular weight is 449 g/mol. The number of halogens is 6. The van der Waals surface area contributed by atoms with E-state index < -0.39 is 53.9 Å². The summed E-state index contributed by atoms with van der Waals surface area (Å²) < 4.78 is 65.3. The monoisotopic (exact) mass is 447 g/mol. The molecule has 2 N–H and O–H groups in total. The van der Waals surface area contributed by atoms with Crippen LogP contribution in [0.2, 0.25) is 15.1 Å². The lowest BCUT2D eigenvalue weighted by molar-refractivity contribution is -0.137. The molecule has 0 aliphatic rings. The Balaban J connectivity index is 2.51. The third-order valence-electron chi connectivity index (χ3n) is 3.07. The van der Waals surface area contributed by atoms with Gasteiger partial charge in [0.2, 0.25) is 0 Å². The second-order valence-electron chi connectivity index (χ2n) is 4.87. The average Bonchev–Trinajstić information content (AvgIpc) is 2.47. The Morgan fingerprint density at radius 1 is 1.00 bits per heavy atom. The third kappa shape index (κ3) is 4.35. The van der Waals surface area contributed by atoms with Crippen molar-refractivity contribution in [1.29, 1.82) is 0 Å². The number of nitrogens with one attached hydrogen (secondary N) is 1. The van der Waals surface area contributed by atoms with Crippen LogP contribution in [0.3, 0.4) is 0 Å². The van der Waals surface area contributed by atoms with E-state index in [1.54, 1.807) is 0 Å². The first-order valence-electron chi connectivity index (χ1n) is 6.45. The first-order chi connectivity index (χ1) is 11.8. The summed E-state index contributed by atoms with van der Waals surface area (Å²) in [6.07, 6.45) is -4.80. The minimum Gasteiger partial charge on any atom is -0.478 e. The molecule has 0 aliphatic heterocycles. The predicted octanol–water partition coefficient (Wildman–Crippen LogP) is 5.16. The molecule has 0 aromatic heterocycles. The van der Waals surface area contributed by atoms with E-state index >= 15 is 0 Å². The molecule has 0 saturated carbocycles. The van der Waals surface area contributed by atoms with Gasteiger partial charge in [-0.1, -0.05) is 34.8 Å². The summed E-state index contributed by atoms with van der Waals surface area (Å²) in [6.45, 7) is 0. The van der Waals surface area contributed by atoms with E-state index in [0.717, 1.165) is 18.2 Å². The molecule has 0 aliphatic carbocycles. The van der Waals surface area contributed by atoms with Crippen LogP contribution in [0.4, 0.5) is 18.9 Å². The van der Waals surface area contributed by atoms with Crippen LogP contribution in [0.1, 0.15) is 15.9 Å².